The van der Waals surface area contributed by atoms with Gasteiger partial charge in [0.05, 0.1) is 17.3 Å². The minimum Gasteiger partial charge on any atom is -0.457 e. The summed E-state index contributed by atoms with van der Waals surface area (Å²) in [6.45, 7) is 4.80. The molecule has 1 aliphatic heterocycles. The fourth-order valence-electron chi connectivity index (χ4n) is 3.83. The van der Waals surface area contributed by atoms with E-state index in [-0.39, 0.29) is 12.6 Å². The highest BCUT2D eigenvalue weighted by Crippen LogP contribution is 2.30. The van der Waals surface area contributed by atoms with E-state index in [0.717, 1.165) is 27.8 Å². The van der Waals surface area contributed by atoms with Gasteiger partial charge in [-0.25, -0.2) is 19.3 Å². The number of nitriles is 1. The van der Waals surface area contributed by atoms with Crippen LogP contribution in [0.4, 0.5) is 4.79 Å². The maximum atomic E-state index is 12.0. The van der Waals surface area contributed by atoms with Crippen molar-refractivity contribution in [2.24, 2.45) is 0 Å². The Morgan fingerprint density at radius 1 is 1.35 bits per heavy atom. The molecule has 2 aromatic heterocycles. The molecule has 1 aromatic carbocycles. The SMILES string of the molecule is CNC(=O)O[C@@H](CNCc1cnn(-c2cc(C)c(C#N)cn2)c1)c1ccc2c(c1C)COC2=O. The molecule has 3 heterocycles. The van der Waals surface area contributed by atoms with Crippen LogP contribution in [0.1, 0.15) is 49.8 Å². The summed E-state index contributed by atoms with van der Waals surface area (Å²) in [5.74, 6) is 0.282. The minimum atomic E-state index is -0.571. The molecule has 34 heavy (non-hydrogen) atoms. The van der Waals surface area contributed by atoms with Crippen molar-refractivity contribution in [3.05, 3.63) is 75.7 Å². The lowest BCUT2D eigenvalue weighted by molar-refractivity contribution is 0.0535. The van der Waals surface area contributed by atoms with E-state index in [9.17, 15) is 9.59 Å². The standard InChI is InChI=1S/C24H24N6O4/c1-14-6-22(28-10-17(14)7-25)30-12-16(9-29-30)8-27-11-21(34-24(32)26-3)18-4-5-19-20(15(18)2)13-33-23(19)31/h4-6,9-10,12,21,27H,8,11,13H2,1-3H3,(H,26,32)/t21-/m0/s1. The second-order valence-corrected chi connectivity index (χ2v) is 7.92. The van der Waals surface area contributed by atoms with Crippen LogP contribution in [0.3, 0.4) is 0 Å². The van der Waals surface area contributed by atoms with Crippen LogP contribution in [-0.4, -0.2) is 40.4 Å². The molecule has 174 valence electrons. The molecule has 0 radical (unpaired) electrons. The van der Waals surface area contributed by atoms with Gasteiger partial charge in [0.25, 0.3) is 0 Å². The molecule has 0 bridgehead atoms. The molecule has 1 aliphatic rings. The monoisotopic (exact) mass is 460 g/mol. The molecule has 1 atom stereocenters. The van der Waals surface area contributed by atoms with Gasteiger partial charge in [-0.2, -0.15) is 10.4 Å². The van der Waals surface area contributed by atoms with Crippen LogP contribution in [0.15, 0.2) is 36.8 Å². The fraction of sp³-hybridized carbons (Fsp3) is 0.292. The van der Waals surface area contributed by atoms with Crippen molar-refractivity contribution in [3.8, 4) is 11.9 Å². The third-order valence-corrected chi connectivity index (χ3v) is 5.75. The number of fused-ring (bicyclic) bond motifs is 1. The Hall–Kier alpha value is -4.23. The Kier molecular flexibility index (Phi) is 6.56. The van der Waals surface area contributed by atoms with Crippen LogP contribution < -0.4 is 10.6 Å². The number of pyridine rings is 1. The summed E-state index contributed by atoms with van der Waals surface area (Å²) in [7, 11) is 1.50. The zero-order valence-corrected chi connectivity index (χ0v) is 19.1. The highest BCUT2D eigenvalue weighted by atomic mass is 16.6. The summed E-state index contributed by atoms with van der Waals surface area (Å²) in [6.07, 6.45) is 3.98. The minimum absolute atomic E-state index is 0.218. The van der Waals surface area contributed by atoms with E-state index in [4.69, 9.17) is 14.7 Å². The number of hydrogen-bond donors (Lipinski definition) is 2. The van der Waals surface area contributed by atoms with Gasteiger partial charge in [-0.1, -0.05) is 6.07 Å². The predicted molar refractivity (Wildman–Crippen MR) is 121 cm³/mol. The van der Waals surface area contributed by atoms with E-state index in [1.807, 2.05) is 20.0 Å². The molecule has 4 rings (SSSR count). The van der Waals surface area contributed by atoms with Crippen molar-refractivity contribution in [3.63, 3.8) is 0 Å². The number of cyclic esters (lactones) is 1. The molecule has 2 N–H and O–H groups in total. The number of ether oxygens (including phenoxy) is 2. The smallest absolute Gasteiger partial charge is 0.407 e. The van der Waals surface area contributed by atoms with Gasteiger partial charge >= 0.3 is 12.1 Å². The number of hydrogen-bond acceptors (Lipinski definition) is 8. The molecule has 10 heteroatoms. The number of carbonyl (C=O) groups excluding carboxylic acids is 2. The number of nitrogens with zero attached hydrogens (tertiary/aromatic N) is 4. The Balaban J connectivity index is 1.46. The van der Waals surface area contributed by atoms with E-state index in [2.05, 4.69) is 26.8 Å². The van der Waals surface area contributed by atoms with Crippen LogP contribution in [0.2, 0.25) is 0 Å². The van der Waals surface area contributed by atoms with E-state index in [1.54, 1.807) is 29.1 Å². The number of aromatic nitrogens is 3. The first kappa shape index (κ1) is 22.9. The van der Waals surface area contributed by atoms with E-state index >= 15 is 0 Å². The zero-order valence-electron chi connectivity index (χ0n) is 19.1. The van der Waals surface area contributed by atoms with Crippen molar-refractivity contribution < 1.29 is 19.1 Å². The zero-order chi connectivity index (χ0) is 24.2. The molecule has 1 amide bonds. The Bertz CT molecular complexity index is 1290. The number of nitrogens with one attached hydrogen (secondary N) is 2. The van der Waals surface area contributed by atoms with Crippen molar-refractivity contribution in [2.75, 3.05) is 13.6 Å². The van der Waals surface area contributed by atoms with E-state index in [0.29, 0.717) is 30.0 Å². The number of amides is 1. The number of carbonyl (C=O) groups is 2. The van der Waals surface area contributed by atoms with Gasteiger partial charge in [-0.05, 0) is 42.7 Å². The van der Waals surface area contributed by atoms with Crippen LogP contribution >= 0.6 is 0 Å². The first-order valence-corrected chi connectivity index (χ1v) is 10.7. The van der Waals surface area contributed by atoms with Gasteiger partial charge in [0, 0.05) is 43.7 Å². The van der Waals surface area contributed by atoms with Crippen molar-refractivity contribution in [2.45, 2.75) is 33.1 Å². The van der Waals surface area contributed by atoms with Gasteiger partial charge in [0.1, 0.15) is 18.8 Å². The molecule has 10 nitrogen and oxygen atoms in total. The third-order valence-electron chi connectivity index (χ3n) is 5.75. The quantitative estimate of drug-likeness (QED) is 0.515. The lowest BCUT2D eigenvalue weighted by Crippen LogP contribution is -2.29. The van der Waals surface area contributed by atoms with E-state index in [1.165, 1.54) is 13.2 Å². The molecular formula is C24H24N6O4. The van der Waals surface area contributed by atoms with Crippen LogP contribution in [0.25, 0.3) is 5.82 Å². The predicted octanol–water partition coefficient (Wildman–Crippen LogP) is 2.61. The molecule has 0 saturated heterocycles. The highest BCUT2D eigenvalue weighted by Gasteiger charge is 2.27. The molecule has 3 aromatic rings. The summed E-state index contributed by atoms with van der Waals surface area (Å²) < 4.78 is 12.4. The molecular weight excluding hydrogens is 436 g/mol. The van der Waals surface area contributed by atoms with Crippen LogP contribution in [0.5, 0.6) is 0 Å². The average Bonchev–Trinajstić information content (AvgIpc) is 3.46. The molecule has 0 unspecified atom stereocenters. The van der Waals surface area contributed by atoms with Crippen molar-refractivity contribution in [1.29, 1.82) is 5.26 Å². The summed E-state index contributed by atoms with van der Waals surface area (Å²) in [6, 6.07) is 7.42. The Morgan fingerprint density at radius 2 is 2.18 bits per heavy atom. The molecule has 0 saturated carbocycles. The lowest BCUT2D eigenvalue weighted by atomic mass is 9.95. The summed E-state index contributed by atoms with van der Waals surface area (Å²) >= 11 is 0. The summed E-state index contributed by atoms with van der Waals surface area (Å²) in [4.78, 5) is 28.1. The van der Waals surface area contributed by atoms with Crippen molar-refractivity contribution in [1.82, 2.24) is 25.4 Å². The molecule has 0 spiro atoms. The second-order valence-electron chi connectivity index (χ2n) is 7.92. The third kappa shape index (κ3) is 4.60. The largest absolute Gasteiger partial charge is 0.457 e. The van der Waals surface area contributed by atoms with Gasteiger partial charge in [-0.15, -0.1) is 0 Å². The number of esters is 1. The maximum Gasteiger partial charge on any atom is 0.407 e. The van der Waals surface area contributed by atoms with Gasteiger partial charge in [-0.3, -0.25) is 0 Å². The van der Waals surface area contributed by atoms with Crippen molar-refractivity contribution >= 4 is 12.1 Å². The number of benzene rings is 1. The van der Waals surface area contributed by atoms with Gasteiger partial charge < -0.3 is 20.1 Å². The first-order chi connectivity index (χ1) is 16.4. The lowest BCUT2D eigenvalue weighted by Gasteiger charge is -2.21. The average molecular weight is 460 g/mol. The van der Waals surface area contributed by atoms with Gasteiger partial charge in [0.2, 0.25) is 0 Å². The molecule has 0 aliphatic carbocycles. The van der Waals surface area contributed by atoms with E-state index < -0.39 is 12.2 Å². The second kappa shape index (κ2) is 9.72. The number of alkyl carbamates (subject to hydrolysis) is 1. The summed E-state index contributed by atoms with van der Waals surface area (Å²) in [5.41, 5.74) is 5.31. The number of aryl methyl sites for hydroxylation is 1. The Labute approximate surface area is 196 Å². The van der Waals surface area contributed by atoms with Crippen LogP contribution in [0, 0.1) is 25.2 Å². The Morgan fingerprint density at radius 3 is 2.91 bits per heavy atom. The maximum absolute atomic E-state index is 12.0. The van der Waals surface area contributed by atoms with Gasteiger partial charge in [0.15, 0.2) is 5.82 Å². The first-order valence-electron chi connectivity index (χ1n) is 10.7. The van der Waals surface area contributed by atoms with Crippen LogP contribution in [-0.2, 0) is 22.6 Å². The highest BCUT2D eigenvalue weighted by molar-refractivity contribution is 5.94. The topological polar surface area (TPSA) is 131 Å². The number of rotatable bonds is 7. The normalized spacial score (nSPS) is 13.1. The molecule has 0 fully saturated rings. The fourth-order valence-corrected chi connectivity index (χ4v) is 3.83. The summed E-state index contributed by atoms with van der Waals surface area (Å²) in [5, 5.41) is 19.2.